The number of likely N-dealkylation sites (tertiary alicyclic amines) is 1. The zero-order valence-electron chi connectivity index (χ0n) is 17.5. The summed E-state index contributed by atoms with van der Waals surface area (Å²) in [5.41, 5.74) is 2.65. The van der Waals surface area contributed by atoms with Gasteiger partial charge in [-0.25, -0.2) is 4.98 Å². The first-order valence-corrected chi connectivity index (χ1v) is 11.4. The lowest BCUT2D eigenvalue weighted by atomic mass is 9.93. The van der Waals surface area contributed by atoms with Gasteiger partial charge in [0, 0.05) is 31.5 Å². The molecule has 1 saturated heterocycles. The molecule has 0 atom stereocenters. The first kappa shape index (κ1) is 21.2. The highest BCUT2D eigenvalue weighted by atomic mass is 35.5. The van der Waals surface area contributed by atoms with Crippen molar-refractivity contribution < 1.29 is 5.11 Å². The molecule has 2 aromatic heterocycles. The third-order valence-corrected chi connectivity index (χ3v) is 6.46. The van der Waals surface area contributed by atoms with Gasteiger partial charge in [-0.1, -0.05) is 30.4 Å². The second-order valence-corrected chi connectivity index (χ2v) is 8.71. The summed E-state index contributed by atoms with van der Waals surface area (Å²) in [5, 5.41) is 18.3. The first-order valence-electron chi connectivity index (χ1n) is 11.0. The maximum atomic E-state index is 9.73. The molecule has 6 nitrogen and oxygen atoms in total. The average molecular weight is 428 g/mol. The molecule has 1 aliphatic heterocycles. The molecule has 1 aliphatic carbocycles. The molecule has 4 rings (SSSR count). The van der Waals surface area contributed by atoms with Gasteiger partial charge in [-0.05, 0) is 51.1 Å². The molecule has 3 heterocycles. The van der Waals surface area contributed by atoms with Gasteiger partial charge in [0.15, 0.2) is 0 Å². The SMILES string of the molecule is CCN1CCC(n2cc(C#Cc3cnc(Cl)cc3N[C@H]3CC[C@@H](O)CC3)cn2)CC1. The van der Waals surface area contributed by atoms with Crippen LogP contribution in [0.2, 0.25) is 5.15 Å². The van der Waals surface area contributed by atoms with E-state index >= 15 is 0 Å². The summed E-state index contributed by atoms with van der Waals surface area (Å²) in [4.78, 5) is 6.69. The van der Waals surface area contributed by atoms with Gasteiger partial charge in [-0.3, -0.25) is 4.68 Å². The number of hydrogen-bond acceptors (Lipinski definition) is 5. The van der Waals surface area contributed by atoms with Crippen LogP contribution in [0.15, 0.2) is 24.7 Å². The Morgan fingerprint density at radius 1 is 1.13 bits per heavy atom. The third kappa shape index (κ3) is 5.34. The largest absolute Gasteiger partial charge is 0.393 e. The van der Waals surface area contributed by atoms with Gasteiger partial charge in [0.1, 0.15) is 5.15 Å². The molecule has 0 bridgehead atoms. The number of hydrogen-bond donors (Lipinski definition) is 2. The smallest absolute Gasteiger partial charge is 0.131 e. The Morgan fingerprint density at radius 2 is 1.90 bits per heavy atom. The van der Waals surface area contributed by atoms with Crippen LogP contribution < -0.4 is 5.32 Å². The van der Waals surface area contributed by atoms with E-state index in [4.69, 9.17) is 11.6 Å². The van der Waals surface area contributed by atoms with E-state index in [1.165, 1.54) is 0 Å². The Bertz CT molecular complexity index is 902. The fourth-order valence-electron chi connectivity index (χ4n) is 4.33. The topological polar surface area (TPSA) is 66.2 Å². The standard InChI is InChI=1S/C23H30ClN5O/c1-2-28-11-9-20(10-12-28)29-16-17(14-26-29)3-4-18-15-25-23(24)13-22(18)27-19-5-7-21(30)8-6-19/h13-16,19-21,30H,2,5-12H2,1H3,(H,25,27)/t19-,21+. The molecule has 2 N–H and O–H groups in total. The number of nitrogens with zero attached hydrogens (tertiary/aromatic N) is 4. The van der Waals surface area contributed by atoms with E-state index in [2.05, 4.69) is 49.9 Å². The van der Waals surface area contributed by atoms with Crippen LogP contribution in [0.25, 0.3) is 0 Å². The minimum absolute atomic E-state index is 0.172. The van der Waals surface area contributed by atoms with Crippen molar-refractivity contribution in [1.29, 1.82) is 0 Å². The third-order valence-electron chi connectivity index (χ3n) is 6.25. The fraction of sp³-hybridized carbons (Fsp3) is 0.565. The van der Waals surface area contributed by atoms with E-state index in [9.17, 15) is 5.11 Å². The lowest BCUT2D eigenvalue weighted by Crippen LogP contribution is -2.34. The summed E-state index contributed by atoms with van der Waals surface area (Å²) in [6.07, 6.45) is 11.3. The lowest BCUT2D eigenvalue weighted by molar-refractivity contribution is 0.126. The van der Waals surface area contributed by atoms with Crippen LogP contribution in [-0.4, -0.2) is 56.6 Å². The van der Waals surface area contributed by atoms with Gasteiger partial charge < -0.3 is 15.3 Å². The van der Waals surface area contributed by atoms with Crippen molar-refractivity contribution in [3.8, 4) is 11.8 Å². The Hall–Kier alpha value is -2.07. The number of pyridine rings is 1. The molecule has 0 aromatic carbocycles. The summed E-state index contributed by atoms with van der Waals surface area (Å²) >= 11 is 6.13. The Labute approximate surface area is 183 Å². The number of anilines is 1. The molecule has 1 saturated carbocycles. The number of halogens is 1. The predicted octanol–water partition coefficient (Wildman–Crippen LogP) is 3.70. The number of aromatic nitrogens is 3. The van der Waals surface area contributed by atoms with Crippen molar-refractivity contribution >= 4 is 17.3 Å². The second-order valence-electron chi connectivity index (χ2n) is 8.33. The summed E-state index contributed by atoms with van der Waals surface area (Å²) in [6, 6.07) is 2.62. The molecule has 30 heavy (non-hydrogen) atoms. The number of rotatable bonds is 4. The zero-order chi connectivity index (χ0) is 20.9. The van der Waals surface area contributed by atoms with E-state index in [0.717, 1.165) is 75.0 Å². The van der Waals surface area contributed by atoms with Crippen LogP contribution in [0.5, 0.6) is 0 Å². The molecule has 0 spiro atoms. The van der Waals surface area contributed by atoms with Crippen LogP contribution in [0.4, 0.5) is 5.69 Å². The molecule has 160 valence electrons. The van der Waals surface area contributed by atoms with Crippen molar-refractivity contribution in [3.05, 3.63) is 40.9 Å². The normalized spacial score (nSPS) is 23.0. The molecule has 0 unspecified atom stereocenters. The van der Waals surface area contributed by atoms with Crippen molar-refractivity contribution in [3.63, 3.8) is 0 Å². The van der Waals surface area contributed by atoms with Crippen LogP contribution in [0, 0.1) is 11.8 Å². The van der Waals surface area contributed by atoms with Crippen LogP contribution in [-0.2, 0) is 0 Å². The number of aliphatic hydroxyl groups excluding tert-OH is 1. The predicted molar refractivity (Wildman–Crippen MR) is 120 cm³/mol. The van der Waals surface area contributed by atoms with Gasteiger partial charge >= 0.3 is 0 Å². The molecular weight excluding hydrogens is 398 g/mol. The fourth-order valence-corrected chi connectivity index (χ4v) is 4.49. The highest BCUT2D eigenvalue weighted by Crippen LogP contribution is 2.25. The van der Waals surface area contributed by atoms with Crippen molar-refractivity contribution in [2.45, 2.75) is 63.6 Å². The monoisotopic (exact) mass is 427 g/mol. The Morgan fingerprint density at radius 3 is 2.63 bits per heavy atom. The molecule has 2 aliphatic rings. The summed E-state index contributed by atoms with van der Waals surface area (Å²) < 4.78 is 2.07. The van der Waals surface area contributed by atoms with Gasteiger partial charge in [-0.2, -0.15) is 5.10 Å². The number of piperidine rings is 1. The van der Waals surface area contributed by atoms with Gasteiger partial charge in [-0.15, -0.1) is 0 Å². The summed E-state index contributed by atoms with van der Waals surface area (Å²) in [6.45, 7) is 5.60. The van der Waals surface area contributed by atoms with E-state index in [1.54, 1.807) is 6.20 Å². The molecule has 2 fully saturated rings. The van der Waals surface area contributed by atoms with Gasteiger partial charge in [0.2, 0.25) is 0 Å². The van der Waals surface area contributed by atoms with Crippen molar-refractivity contribution in [2.75, 3.05) is 25.0 Å². The maximum absolute atomic E-state index is 9.73. The van der Waals surface area contributed by atoms with Gasteiger partial charge in [0.25, 0.3) is 0 Å². The minimum Gasteiger partial charge on any atom is -0.393 e. The lowest BCUT2D eigenvalue weighted by Gasteiger charge is -2.30. The zero-order valence-corrected chi connectivity index (χ0v) is 18.3. The average Bonchev–Trinajstić information content (AvgIpc) is 3.24. The van der Waals surface area contributed by atoms with E-state index in [0.29, 0.717) is 17.2 Å². The quantitative estimate of drug-likeness (QED) is 0.575. The van der Waals surface area contributed by atoms with Crippen molar-refractivity contribution in [2.24, 2.45) is 0 Å². The van der Waals surface area contributed by atoms with E-state index in [-0.39, 0.29) is 6.10 Å². The second kappa shape index (κ2) is 9.82. The molecular formula is C23H30ClN5O. The van der Waals surface area contributed by atoms with Gasteiger partial charge in [0.05, 0.1) is 35.2 Å². The molecule has 0 amide bonds. The molecule has 2 aromatic rings. The highest BCUT2D eigenvalue weighted by Gasteiger charge is 2.21. The van der Waals surface area contributed by atoms with Crippen LogP contribution >= 0.6 is 11.6 Å². The van der Waals surface area contributed by atoms with Crippen molar-refractivity contribution in [1.82, 2.24) is 19.7 Å². The first-order chi connectivity index (χ1) is 14.6. The Balaban J connectivity index is 1.45. The maximum Gasteiger partial charge on any atom is 0.131 e. The molecule has 7 heteroatoms. The minimum atomic E-state index is -0.172. The highest BCUT2D eigenvalue weighted by molar-refractivity contribution is 6.29. The summed E-state index contributed by atoms with van der Waals surface area (Å²) in [5.74, 6) is 6.48. The number of nitrogens with one attached hydrogen (secondary N) is 1. The molecule has 0 radical (unpaired) electrons. The van der Waals surface area contributed by atoms with E-state index < -0.39 is 0 Å². The summed E-state index contributed by atoms with van der Waals surface area (Å²) in [7, 11) is 0. The van der Waals surface area contributed by atoms with E-state index in [1.807, 2.05) is 12.3 Å². The Kier molecular flexibility index (Phi) is 6.93. The van der Waals surface area contributed by atoms with Crippen LogP contribution in [0.1, 0.15) is 62.6 Å². The van der Waals surface area contributed by atoms with Crippen LogP contribution in [0.3, 0.4) is 0 Å². The number of aliphatic hydroxyl groups is 1.